The van der Waals surface area contributed by atoms with Crippen LogP contribution in [0, 0.1) is 13.8 Å². The van der Waals surface area contributed by atoms with Gasteiger partial charge < -0.3 is 10.2 Å². The van der Waals surface area contributed by atoms with Crippen LogP contribution in [0.2, 0.25) is 0 Å². The minimum atomic E-state index is -1.13. The second-order valence-electron chi connectivity index (χ2n) is 8.91. The summed E-state index contributed by atoms with van der Waals surface area (Å²) >= 11 is 0. The molecular weight excluding hydrogens is 406 g/mol. The van der Waals surface area contributed by atoms with Crippen molar-refractivity contribution in [2.45, 2.75) is 38.8 Å². The molecule has 2 atom stereocenters. The highest BCUT2D eigenvalue weighted by atomic mass is 16.2. The van der Waals surface area contributed by atoms with Crippen molar-refractivity contribution in [3.05, 3.63) is 64.8 Å². The third kappa shape index (κ3) is 3.14. The Morgan fingerprint density at radius 3 is 2.59 bits per heavy atom. The summed E-state index contributed by atoms with van der Waals surface area (Å²) in [5.74, 6) is -0.450. The number of carbonyl (C=O) groups is 3. The van der Waals surface area contributed by atoms with Crippen LogP contribution in [0.15, 0.2) is 42.6 Å². The molecular formula is C24H25N5O3. The fourth-order valence-corrected chi connectivity index (χ4v) is 4.86. The Hall–Kier alpha value is -3.68. The molecule has 2 unspecified atom stereocenters. The zero-order valence-corrected chi connectivity index (χ0v) is 18.3. The number of amides is 4. The van der Waals surface area contributed by atoms with Crippen molar-refractivity contribution in [3.63, 3.8) is 0 Å². The minimum absolute atomic E-state index is 0.0480. The molecule has 2 N–H and O–H groups in total. The van der Waals surface area contributed by atoms with Gasteiger partial charge in [0.25, 0.3) is 11.8 Å². The second-order valence-corrected chi connectivity index (χ2v) is 8.91. The Labute approximate surface area is 185 Å². The number of fused-ring (bicyclic) bond motifs is 1. The van der Waals surface area contributed by atoms with E-state index in [0.717, 1.165) is 17.3 Å². The van der Waals surface area contributed by atoms with Crippen molar-refractivity contribution in [1.29, 1.82) is 0 Å². The molecule has 8 heteroatoms. The number of rotatable bonds is 3. The number of imide groups is 1. The van der Waals surface area contributed by atoms with Gasteiger partial charge in [-0.1, -0.05) is 23.8 Å². The molecule has 0 radical (unpaired) electrons. The summed E-state index contributed by atoms with van der Waals surface area (Å²) in [6.07, 6.45) is 2.75. The molecule has 0 saturated carbocycles. The first kappa shape index (κ1) is 20.2. The molecule has 164 valence electrons. The molecule has 5 rings (SSSR count). The van der Waals surface area contributed by atoms with Crippen LogP contribution in [-0.4, -0.2) is 45.6 Å². The maximum atomic E-state index is 13.1. The molecule has 3 aromatic rings. The summed E-state index contributed by atoms with van der Waals surface area (Å²) < 4.78 is 2.06. The van der Waals surface area contributed by atoms with Crippen LogP contribution in [0.3, 0.4) is 0 Å². The lowest BCUT2D eigenvalue weighted by Crippen LogP contribution is -2.40. The van der Waals surface area contributed by atoms with E-state index < -0.39 is 17.5 Å². The monoisotopic (exact) mass is 431 g/mol. The number of hydrogen-bond donors (Lipinski definition) is 2. The molecule has 1 aromatic heterocycles. The van der Waals surface area contributed by atoms with Crippen molar-refractivity contribution in [3.8, 4) is 0 Å². The van der Waals surface area contributed by atoms with E-state index in [9.17, 15) is 14.4 Å². The Balaban J connectivity index is 1.33. The molecule has 8 nitrogen and oxygen atoms in total. The number of nitrogens with zero attached hydrogens (tertiary/aromatic N) is 3. The van der Waals surface area contributed by atoms with Gasteiger partial charge in [0.05, 0.1) is 17.8 Å². The van der Waals surface area contributed by atoms with Crippen LogP contribution in [0.5, 0.6) is 0 Å². The van der Waals surface area contributed by atoms with Crippen LogP contribution >= 0.6 is 0 Å². The Morgan fingerprint density at radius 1 is 1.16 bits per heavy atom. The van der Waals surface area contributed by atoms with Crippen LogP contribution < -0.4 is 10.6 Å². The third-order valence-corrected chi connectivity index (χ3v) is 6.58. The normalized spacial score (nSPS) is 23.0. The molecule has 2 aliphatic heterocycles. The molecule has 2 fully saturated rings. The standard InChI is InChI=1S/C24H25N5O3/c1-14-10-15(2)20-17(11-14)12-25-29(20)19-8-9-28(13-19)21(30)16-4-6-18(7-5-16)24(3)22(31)26-23(32)27-24/h4-7,10-12,19H,8-9,13H2,1-3H3,(H2,26,27,31,32). The highest BCUT2D eigenvalue weighted by Crippen LogP contribution is 2.30. The lowest BCUT2D eigenvalue weighted by Gasteiger charge is -2.22. The second kappa shape index (κ2) is 7.19. The average Bonchev–Trinajstić information content (AvgIpc) is 3.45. The van der Waals surface area contributed by atoms with Gasteiger partial charge in [-0.05, 0) is 56.5 Å². The maximum absolute atomic E-state index is 13.1. The van der Waals surface area contributed by atoms with E-state index in [1.165, 1.54) is 11.1 Å². The number of aryl methyl sites for hydroxylation is 2. The molecule has 0 spiro atoms. The zero-order chi connectivity index (χ0) is 22.6. The van der Waals surface area contributed by atoms with Crippen LogP contribution in [0.25, 0.3) is 10.9 Å². The van der Waals surface area contributed by atoms with E-state index in [0.29, 0.717) is 24.2 Å². The number of hydrogen-bond acceptors (Lipinski definition) is 4. The van der Waals surface area contributed by atoms with E-state index in [-0.39, 0.29) is 11.9 Å². The molecule has 0 bridgehead atoms. The number of aromatic nitrogens is 2. The third-order valence-electron chi connectivity index (χ3n) is 6.58. The summed E-state index contributed by atoms with van der Waals surface area (Å²) in [6.45, 7) is 7.08. The first-order valence-corrected chi connectivity index (χ1v) is 10.7. The van der Waals surface area contributed by atoms with Gasteiger partial charge in [-0.2, -0.15) is 5.10 Å². The Morgan fingerprint density at radius 2 is 1.91 bits per heavy atom. The highest BCUT2D eigenvalue weighted by molar-refractivity contribution is 6.07. The van der Waals surface area contributed by atoms with Crippen LogP contribution in [0.4, 0.5) is 4.79 Å². The van der Waals surface area contributed by atoms with Gasteiger partial charge in [0.1, 0.15) is 5.54 Å². The fourth-order valence-electron chi connectivity index (χ4n) is 4.86. The molecule has 3 heterocycles. The zero-order valence-electron chi connectivity index (χ0n) is 18.3. The molecule has 2 aromatic carbocycles. The number of carbonyl (C=O) groups excluding carboxylic acids is 3. The summed E-state index contributed by atoms with van der Waals surface area (Å²) in [5, 5.41) is 10.6. The Bertz CT molecular complexity index is 1260. The van der Waals surface area contributed by atoms with Gasteiger partial charge in [-0.15, -0.1) is 0 Å². The van der Waals surface area contributed by atoms with Crippen molar-refractivity contribution < 1.29 is 14.4 Å². The molecule has 2 saturated heterocycles. The summed E-state index contributed by atoms with van der Waals surface area (Å²) in [4.78, 5) is 38.6. The lowest BCUT2D eigenvalue weighted by atomic mass is 9.91. The summed E-state index contributed by atoms with van der Waals surface area (Å²) in [6, 6.07) is 10.8. The number of urea groups is 1. The lowest BCUT2D eigenvalue weighted by molar-refractivity contribution is -0.123. The molecule has 2 aliphatic rings. The first-order chi connectivity index (χ1) is 15.3. The van der Waals surface area contributed by atoms with Crippen molar-refractivity contribution in [1.82, 2.24) is 25.3 Å². The largest absolute Gasteiger partial charge is 0.336 e. The van der Waals surface area contributed by atoms with Gasteiger partial charge >= 0.3 is 6.03 Å². The maximum Gasteiger partial charge on any atom is 0.322 e. The van der Waals surface area contributed by atoms with Crippen LogP contribution in [0.1, 0.15) is 46.4 Å². The first-order valence-electron chi connectivity index (χ1n) is 10.7. The highest BCUT2D eigenvalue weighted by Gasteiger charge is 2.43. The predicted molar refractivity (Wildman–Crippen MR) is 119 cm³/mol. The van der Waals surface area contributed by atoms with Gasteiger partial charge in [0, 0.05) is 24.0 Å². The fraction of sp³-hybridized carbons (Fsp3) is 0.333. The number of nitrogens with one attached hydrogen (secondary N) is 2. The average molecular weight is 431 g/mol. The molecule has 4 amide bonds. The minimum Gasteiger partial charge on any atom is -0.336 e. The Kier molecular flexibility index (Phi) is 4.54. The van der Waals surface area contributed by atoms with Crippen molar-refractivity contribution >= 4 is 28.7 Å². The van der Waals surface area contributed by atoms with E-state index in [2.05, 4.69) is 46.4 Å². The van der Waals surface area contributed by atoms with Crippen LogP contribution in [-0.2, 0) is 10.3 Å². The van der Waals surface area contributed by atoms with Gasteiger partial charge in [0.2, 0.25) is 0 Å². The van der Waals surface area contributed by atoms with E-state index >= 15 is 0 Å². The van der Waals surface area contributed by atoms with E-state index in [4.69, 9.17) is 0 Å². The van der Waals surface area contributed by atoms with Gasteiger partial charge in [0.15, 0.2) is 0 Å². The van der Waals surface area contributed by atoms with Gasteiger partial charge in [-0.25, -0.2) is 4.79 Å². The van der Waals surface area contributed by atoms with E-state index in [1.807, 2.05) is 11.1 Å². The number of benzene rings is 2. The quantitative estimate of drug-likeness (QED) is 0.624. The topological polar surface area (TPSA) is 96.3 Å². The predicted octanol–water partition coefficient (Wildman–Crippen LogP) is 2.79. The summed E-state index contributed by atoms with van der Waals surface area (Å²) in [5.41, 5.74) is 3.59. The summed E-state index contributed by atoms with van der Waals surface area (Å²) in [7, 11) is 0. The van der Waals surface area contributed by atoms with Gasteiger partial charge in [-0.3, -0.25) is 19.6 Å². The SMILES string of the molecule is Cc1cc(C)c2c(cnn2C2CCN(C(=O)c3ccc(C4(C)NC(=O)NC4=O)cc3)C2)c1. The smallest absolute Gasteiger partial charge is 0.322 e. The van der Waals surface area contributed by atoms with E-state index in [1.54, 1.807) is 31.2 Å². The molecule has 32 heavy (non-hydrogen) atoms. The number of likely N-dealkylation sites (tertiary alicyclic amines) is 1. The van der Waals surface area contributed by atoms with Crippen molar-refractivity contribution in [2.75, 3.05) is 13.1 Å². The van der Waals surface area contributed by atoms with Crippen molar-refractivity contribution in [2.24, 2.45) is 0 Å². The molecule has 0 aliphatic carbocycles.